The molecule has 0 bridgehead atoms. The van der Waals surface area contributed by atoms with Crippen molar-refractivity contribution in [3.63, 3.8) is 0 Å². The van der Waals surface area contributed by atoms with E-state index in [1.165, 1.54) is 0 Å². The van der Waals surface area contributed by atoms with Gasteiger partial charge in [0.25, 0.3) is 5.91 Å². The van der Waals surface area contributed by atoms with Crippen molar-refractivity contribution < 1.29 is 19.1 Å². The molecule has 2 aromatic rings. The molecule has 1 saturated heterocycles. The van der Waals surface area contributed by atoms with Crippen LogP contribution < -0.4 is 4.74 Å². The monoisotopic (exact) mass is 385 g/mol. The number of hydrogen-bond donors (Lipinski definition) is 0. The third kappa shape index (κ3) is 5.12. The van der Waals surface area contributed by atoms with Gasteiger partial charge in [0.15, 0.2) is 6.61 Å². The summed E-state index contributed by atoms with van der Waals surface area (Å²) in [6.07, 6.45) is 6.72. The minimum atomic E-state index is -0.397. The molecule has 2 heterocycles. The predicted octanol–water partition coefficient (Wildman–Crippen LogP) is 2.91. The number of hydrogen-bond acceptors (Lipinski definition) is 5. The van der Waals surface area contributed by atoms with Crippen molar-refractivity contribution >= 4 is 11.9 Å². The van der Waals surface area contributed by atoms with Crippen LogP contribution in [0.2, 0.25) is 0 Å². The number of ether oxygens (including phenoxy) is 2. The van der Waals surface area contributed by atoms with Gasteiger partial charge < -0.3 is 14.4 Å². The van der Waals surface area contributed by atoms with Crippen LogP contribution in [0.25, 0.3) is 0 Å². The van der Waals surface area contributed by atoms with Gasteiger partial charge in [0, 0.05) is 24.5 Å². The number of rotatable bonds is 7. The Bertz CT molecular complexity index is 763. The van der Waals surface area contributed by atoms with Gasteiger partial charge in [-0.2, -0.15) is 5.10 Å². The van der Waals surface area contributed by atoms with Crippen molar-refractivity contribution in [1.29, 1.82) is 0 Å². The molecule has 1 fully saturated rings. The third-order valence-electron chi connectivity index (χ3n) is 5.05. The molecule has 0 aliphatic carbocycles. The summed E-state index contributed by atoms with van der Waals surface area (Å²) in [5.41, 5.74) is 0.442. The Morgan fingerprint density at radius 3 is 2.50 bits per heavy atom. The highest BCUT2D eigenvalue weighted by Crippen LogP contribution is 2.23. The van der Waals surface area contributed by atoms with Gasteiger partial charge in [-0.3, -0.25) is 9.48 Å². The Kier molecular flexibility index (Phi) is 6.68. The lowest BCUT2D eigenvalue weighted by molar-refractivity contribution is -0.139. The van der Waals surface area contributed by atoms with Crippen LogP contribution in [0.3, 0.4) is 0 Å². The zero-order chi connectivity index (χ0) is 19.9. The third-order valence-corrected chi connectivity index (χ3v) is 5.05. The average Bonchev–Trinajstić information content (AvgIpc) is 3.20. The SMILES string of the molecule is CC1CCCC(C)N1C(=O)COc1ccc(C(=O)OCCn2cccn2)cc1. The van der Waals surface area contributed by atoms with E-state index in [-0.39, 0.29) is 31.2 Å². The predicted molar refractivity (Wildman–Crippen MR) is 104 cm³/mol. The largest absolute Gasteiger partial charge is 0.484 e. The van der Waals surface area contributed by atoms with Crippen LogP contribution >= 0.6 is 0 Å². The zero-order valence-electron chi connectivity index (χ0n) is 16.4. The molecule has 150 valence electrons. The quantitative estimate of drug-likeness (QED) is 0.685. The maximum atomic E-state index is 12.5. The molecule has 2 atom stereocenters. The van der Waals surface area contributed by atoms with E-state index in [0.29, 0.717) is 17.9 Å². The van der Waals surface area contributed by atoms with Gasteiger partial charge in [0.2, 0.25) is 0 Å². The molecule has 1 aromatic carbocycles. The number of likely N-dealkylation sites (tertiary alicyclic amines) is 1. The van der Waals surface area contributed by atoms with Crippen LogP contribution in [0.1, 0.15) is 43.5 Å². The van der Waals surface area contributed by atoms with Crippen molar-refractivity contribution in [3.05, 3.63) is 48.3 Å². The zero-order valence-corrected chi connectivity index (χ0v) is 16.4. The van der Waals surface area contributed by atoms with Gasteiger partial charge in [-0.25, -0.2) is 4.79 Å². The summed E-state index contributed by atoms with van der Waals surface area (Å²) < 4.78 is 12.6. The number of aromatic nitrogens is 2. The first kappa shape index (κ1) is 19.9. The van der Waals surface area contributed by atoms with E-state index in [9.17, 15) is 9.59 Å². The second kappa shape index (κ2) is 9.39. The summed E-state index contributed by atoms with van der Waals surface area (Å²) in [6, 6.07) is 8.96. The lowest BCUT2D eigenvalue weighted by atomic mass is 9.97. The van der Waals surface area contributed by atoms with Crippen molar-refractivity contribution in [2.75, 3.05) is 13.2 Å². The fraction of sp³-hybridized carbons (Fsp3) is 0.476. The summed E-state index contributed by atoms with van der Waals surface area (Å²) in [4.78, 5) is 26.5. The summed E-state index contributed by atoms with van der Waals surface area (Å²) in [5, 5.41) is 4.05. The van der Waals surface area contributed by atoms with E-state index in [0.717, 1.165) is 19.3 Å². The first-order chi connectivity index (χ1) is 13.5. The summed E-state index contributed by atoms with van der Waals surface area (Å²) in [7, 11) is 0. The van der Waals surface area contributed by atoms with Gasteiger partial charge in [0.1, 0.15) is 12.4 Å². The molecule has 0 N–H and O–H groups in total. The summed E-state index contributed by atoms with van der Waals surface area (Å²) in [5.74, 6) is 0.159. The van der Waals surface area contributed by atoms with E-state index in [1.54, 1.807) is 35.1 Å². The van der Waals surface area contributed by atoms with Crippen molar-refractivity contribution in [2.45, 2.75) is 51.7 Å². The number of nitrogens with zero attached hydrogens (tertiary/aromatic N) is 3. The maximum absolute atomic E-state index is 12.5. The molecular weight excluding hydrogens is 358 g/mol. The van der Waals surface area contributed by atoms with Crippen LogP contribution in [0.4, 0.5) is 0 Å². The second-order valence-corrected chi connectivity index (χ2v) is 7.15. The molecule has 2 unspecified atom stereocenters. The first-order valence-electron chi connectivity index (χ1n) is 9.73. The first-order valence-corrected chi connectivity index (χ1v) is 9.73. The smallest absolute Gasteiger partial charge is 0.338 e. The molecule has 1 aliphatic heterocycles. The van der Waals surface area contributed by atoms with E-state index in [2.05, 4.69) is 18.9 Å². The Balaban J connectivity index is 1.46. The van der Waals surface area contributed by atoms with Crippen LogP contribution in [0, 0.1) is 0 Å². The molecule has 0 radical (unpaired) electrons. The van der Waals surface area contributed by atoms with Crippen LogP contribution in [0.15, 0.2) is 42.7 Å². The minimum absolute atomic E-state index is 0.00167. The standard InChI is InChI=1S/C21H27N3O4/c1-16-5-3-6-17(2)24(16)20(25)15-28-19-9-7-18(8-10-19)21(26)27-14-13-23-12-4-11-22-23/h4,7-12,16-17H,3,5-6,13-15H2,1-2H3. The maximum Gasteiger partial charge on any atom is 0.338 e. The van der Waals surface area contributed by atoms with Gasteiger partial charge in [-0.15, -0.1) is 0 Å². The highest BCUT2D eigenvalue weighted by atomic mass is 16.5. The number of esters is 1. The van der Waals surface area contributed by atoms with E-state index in [1.807, 2.05) is 17.2 Å². The lowest BCUT2D eigenvalue weighted by Crippen LogP contribution is -2.49. The fourth-order valence-corrected chi connectivity index (χ4v) is 3.57. The normalized spacial score (nSPS) is 19.3. The molecule has 0 saturated carbocycles. The topological polar surface area (TPSA) is 73.7 Å². The number of carbonyl (C=O) groups is 2. The highest BCUT2D eigenvalue weighted by molar-refractivity contribution is 5.89. The molecule has 1 aliphatic rings. The van der Waals surface area contributed by atoms with E-state index < -0.39 is 5.97 Å². The molecule has 7 nitrogen and oxygen atoms in total. The van der Waals surface area contributed by atoms with Gasteiger partial charge in [0.05, 0.1) is 12.1 Å². The van der Waals surface area contributed by atoms with Crippen LogP contribution in [-0.2, 0) is 16.1 Å². The molecule has 3 rings (SSSR count). The highest BCUT2D eigenvalue weighted by Gasteiger charge is 2.28. The minimum Gasteiger partial charge on any atom is -0.484 e. The Morgan fingerprint density at radius 1 is 1.14 bits per heavy atom. The molecule has 1 amide bonds. The second-order valence-electron chi connectivity index (χ2n) is 7.15. The Hall–Kier alpha value is -2.83. The number of amides is 1. The molecule has 7 heteroatoms. The Labute approximate surface area is 165 Å². The molecule has 28 heavy (non-hydrogen) atoms. The number of carbonyl (C=O) groups excluding carboxylic acids is 2. The van der Waals surface area contributed by atoms with Gasteiger partial charge in [-0.05, 0) is 63.4 Å². The van der Waals surface area contributed by atoms with Crippen LogP contribution in [-0.4, -0.2) is 51.9 Å². The number of piperidine rings is 1. The average molecular weight is 385 g/mol. The van der Waals surface area contributed by atoms with Gasteiger partial charge >= 0.3 is 5.97 Å². The Morgan fingerprint density at radius 2 is 1.86 bits per heavy atom. The molecule has 0 spiro atoms. The van der Waals surface area contributed by atoms with Crippen molar-refractivity contribution in [3.8, 4) is 5.75 Å². The fourth-order valence-electron chi connectivity index (χ4n) is 3.57. The summed E-state index contributed by atoms with van der Waals surface area (Å²) >= 11 is 0. The molecular formula is C21H27N3O4. The van der Waals surface area contributed by atoms with Crippen LogP contribution in [0.5, 0.6) is 5.75 Å². The lowest BCUT2D eigenvalue weighted by Gasteiger charge is -2.38. The molecule has 1 aromatic heterocycles. The number of benzene rings is 1. The van der Waals surface area contributed by atoms with Gasteiger partial charge in [-0.1, -0.05) is 0 Å². The summed E-state index contributed by atoms with van der Waals surface area (Å²) in [6.45, 7) is 4.93. The van der Waals surface area contributed by atoms with Crippen molar-refractivity contribution in [2.24, 2.45) is 0 Å². The van der Waals surface area contributed by atoms with E-state index >= 15 is 0 Å². The van der Waals surface area contributed by atoms with E-state index in [4.69, 9.17) is 9.47 Å². The van der Waals surface area contributed by atoms with Crippen molar-refractivity contribution in [1.82, 2.24) is 14.7 Å².